The van der Waals surface area contributed by atoms with Crippen LogP contribution in [0.2, 0.25) is 0 Å². The van der Waals surface area contributed by atoms with E-state index >= 15 is 0 Å². The molecule has 3 N–H and O–H groups in total. The van der Waals surface area contributed by atoms with Crippen LogP contribution in [0.3, 0.4) is 0 Å². The van der Waals surface area contributed by atoms with Crippen molar-refractivity contribution in [1.82, 2.24) is 24.5 Å². The molecule has 9 nitrogen and oxygen atoms in total. The van der Waals surface area contributed by atoms with Crippen LogP contribution in [0.25, 0.3) is 16.6 Å². The summed E-state index contributed by atoms with van der Waals surface area (Å²) in [6.45, 7) is 8.18. The van der Waals surface area contributed by atoms with Crippen LogP contribution < -0.4 is 15.5 Å². The smallest absolute Gasteiger partial charge is 0.257 e. The number of nitrogens with zero attached hydrogens (tertiary/aromatic N) is 5. The number of fused-ring (bicyclic) bond motifs is 2. The molecule has 4 heterocycles. The lowest BCUT2D eigenvalue weighted by atomic mass is 10.1. The first-order valence-electron chi connectivity index (χ1n) is 10.9. The van der Waals surface area contributed by atoms with Gasteiger partial charge in [0.1, 0.15) is 5.52 Å². The average Bonchev–Trinajstić information content (AvgIpc) is 3.43. The number of benzene rings is 1. The lowest BCUT2D eigenvalue weighted by Crippen LogP contribution is -2.43. The summed E-state index contributed by atoms with van der Waals surface area (Å²) < 4.78 is 17.8. The summed E-state index contributed by atoms with van der Waals surface area (Å²) in [5.41, 5.74) is 3.49. The highest BCUT2D eigenvalue weighted by atomic mass is 19.1. The first kappa shape index (κ1) is 22.7. The molecule has 0 spiro atoms. The Morgan fingerprint density at radius 3 is 2.70 bits per heavy atom. The first-order valence-corrected chi connectivity index (χ1v) is 10.9. The number of hydrogen-bond donors (Lipinski definition) is 3. The fraction of sp³-hybridized carbons (Fsp3) is 0.348. The van der Waals surface area contributed by atoms with Gasteiger partial charge < -0.3 is 25.0 Å². The molecule has 0 aliphatic carbocycles. The van der Waals surface area contributed by atoms with Crippen LogP contribution in [0.1, 0.15) is 23.0 Å². The Morgan fingerprint density at radius 2 is 1.97 bits per heavy atom. The number of halogens is 1. The SMILES string of the molecule is CCn1cc2c(N3CCNCC3)ccc(C(=O)Nc3cc(F)c4nc(C)cn4c3)c2n1.CO. The monoisotopic (exact) mass is 453 g/mol. The highest BCUT2D eigenvalue weighted by molar-refractivity contribution is 6.13. The van der Waals surface area contributed by atoms with E-state index in [1.807, 2.05) is 23.9 Å². The highest BCUT2D eigenvalue weighted by Gasteiger charge is 2.20. The van der Waals surface area contributed by atoms with Gasteiger partial charge in [0.05, 0.1) is 16.9 Å². The zero-order chi connectivity index (χ0) is 23.5. The molecule has 0 saturated carbocycles. The number of amides is 1. The molecule has 10 heteroatoms. The molecule has 1 aliphatic heterocycles. The van der Waals surface area contributed by atoms with Gasteiger partial charge in [-0.25, -0.2) is 9.37 Å². The summed E-state index contributed by atoms with van der Waals surface area (Å²) in [6, 6.07) is 5.07. The number of piperazine rings is 1. The van der Waals surface area contributed by atoms with Crippen LogP contribution in [-0.2, 0) is 6.54 Å². The molecule has 5 rings (SSSR count). The molecule has 0 unspecified atom stereocenters. The molecule has 1 aromatic carbocycles. The van der Waals surface area contributed by atoms with Crippen molar-refractivity contribution in [2.45, 2.75) is 20.4 Å². The van der Waals surface area contributed by atoms with E-state index in [0.29, 0.717) is 29.0 Å². The number of pyridine rings is 1. The summed E-state index contributed by atoms with van der Waals surface area (Å²) in [7, 11) is 1.00. The maximum absolute atomic E-state index is 14.4. The Hall–Kier alpha value is -3.50. The van der Waals surface area contributed by atoms with Crippen LogP contribution in [0.4, 0.5) is 15.8 Å². The topological polar surface area (TPSA) is 99.7 Å². The van der Waals surface area contributed by atoms with Crippen LogP contribution in [-0.4, -0.2) is 63.5 Å². The van der Waals surface area contributed by atoms with Crippen molar-refractivity contribution in [3.05, 3.63) is 53.9 Å². The second kappa shape index (κ2) is 9.55. The van der Waals surface area contributed by atoms with Crippen molar-refractivity contribution < 1.29 is 14.3 Å². The first-order chi connectivity index (χ1) is 16.0. The summed E-state index contributed by atoms with van der Waals surface area (Å²) in [6.07, 6.45) is 5.37. The minimum absolute atomic E-state index is 0.236. The fourth-order valence-electron chi connectivity index (χ4n) is 4.11. The quantitative estimate of drug-likeness (QED) is 0.439. The van der Waals surface area contributed by atoms with E-state index in [2.05, 4.69) is 25.6 Å². The molecule has 174 valence electrons. The molecular formula is C23H28FN7O2. The lowest BCUT2D eigenvalue weighted by molar-refractivity contribution is 0.102. The fourth-order valence-corrected chi connectivity index (χ4v) is 4.11. The number of rotatable bonds is 4. The normalized spacial score (nSPS) is 13.8. The zero-order valence-corrected chi connectivity index (χ0v) is 19.0. The Bertz CT molecular complexity index is 1290. The van der Waals surface area contributed by atoms with Crippen molar-refractivity contribution in [3.8, 4) is 0 Å². The second-order valence-electron chi connectivity index (χ2n) is 7.76. The summed E-state index contributed by atoms with van der Waals surface area (Å²) in [5.74, 6) is -0.811. The van der Waals surface area contributed by atoms with E-state index in [9.17, 15) is 9.18 Å². The molecule has 3 aromatic heterocycles. The van der Waals surface area contributed by atoms with Gasteiger partial charge in [0.25, 0.3) is 5.91 Å². The van der Waals surface area contributed by atoms with E-state index in [0.717, 1.165) is 44.4 Å². The number of carbonyl (C=O) groups excluding carboxylic acids is 1. The Morgan fingerprint density at radius 1 is 1.21 bits per heavy atom. The Kier molecular flexibility index (Phi) is 6.57. The van der Waals surface area contributed by atoms with Gasteiger partial charge in [-0.1, -0.05) is 0 Å². The minimum atomic E-state index is -0.486. The number of nitrogens with one attached hydrogen (secondary N) is 2. The van der Waals surface area contributed by atoms with Gasteiger partial charge in [0, 0.05) is 75.6 Å². The summed E-state index contributed by atoms with van der Waals surface area (Å²) in [5, 5.41) is 18.8. The van der Waals surface area contributed by atoms with Crippen LogP contribution in [0.15, 0.2) is 36.8 Å². The predicted octanol–water partition coefficient (Wildman–Crippen LogP) is 2.42. The van der Waals surface area contributed by atoms with Crippen LogP contribution in [0.5, 0.6) is 0 Å². The summed E-state index contributed by atoms with van der Waals surface area (Å²) >= 11 is 0. The number of imidazole rings is 1. The van der Waals surface area contributed by atoms with Gasteiger partial charge in [-0.15, -0.1) is 0 Å². The zero-order valence-electron chi connectivity index (χ0n) is 19.0. The second-order valence-corrected chi connectivity index (χ2v) is 7.76. The third-order valence-electron chi connectivity index (χ3n) is 5.61. The van der Waals surface area contributed by atoms with Gasteiger partial charge in [-0.2, -0.15) is 5.10 Å². The number of aryl methyl sites for hydroxylation is 2. The van der Waals surface area contributed by atoms with Crippen molar-refractivity contribution in [2.24, 2.45) is 0 Å². The third-order valence-corrected chi connectivity index (χ3v) is 5.61. The molecule has 33 heavy (non-hydrogen) atoms. The minimum Gasteiger partial charge on any atom is -0.400 e. The third kappa shape index (κ3) is 4.39. The average molecular weight is 454 g/mol. The Balaban J connectivity index is 0.00000126. The molecular weight excluding hydrogens is 425 g/mol. The van der Waals surface area contributed by atoms with Crippen LogP contribution in [0, 0.1) is 12.7 Å². The number of aromatic nitrogens is 4. The maximum Gasteiger partial charge on any atom is 0.257 e. The number of anilines is 2. The summed E-state index contributed by atoms with van der Waals surface area (Å²) in [4.78, 5) is 19.6. The molecule has 1 amide bonds. The van der Waals surface area contributed by atoms with Gasteiger partial charge in [0.15, 0.2) is 11.5 Å². The van der Waals surface area contributed by atoms with E-state index in [-0.39, 0.29) is 11.6 Å². The van der Waals surface area contributed by atoms with Crippen molar-refractivity contribution in [2.75, 3.05) is 43.5 Å². The molecule has 1 fully saturated rings. The van der Waals surface area contributed by atoms with E-state index in [1.165, 1.54) is 6.07 Å². The van der Waals surface area contributed by atoms with E-state index < -0.39 is 5.82 Å². The highest BCUT2D eigenvalue weighted by Crippen LogP contribution is 2.30. The van der Waals surface area contributed by atoms with Gasteiger partial charge in [-0.05, 0) is 26.0 Å². The van der Waals surface area contributed by atoms with Gasteiger partial charge in [-0.3, -0.25) is 9.48 Å². The number of aliphatic hydroxyl groups is 1. The van der Waals surface area contributed by atoms with Crippen molar-refractivity contribution >= 4 is 33.8 Å². The number of carbonyl (C=O) groups is 1. The predicted molar refractivity (Wildman–Crippen MR) is 126 cm³/mol. The maximum atomic E-state index is 14.4. The Labute approximate surface area is 190 Å². The molecule has 1 saturated heterocycles. The van der Waals surface area contributed by atoms with E-state index in [1.54, 1.807) is 29.8 Å². The van der Waals surface area contributed by atoms with Crippen LogP contribution >= 0.6 is 0 Å². The van der Waals surface area contributed by atoms with Gasteiger partial charge in [0.2, 0.25) is 0 Å². The lowest BCUT2D eigenvalue weighted by Gasteiger charge is -2.30. The molecule has 4 aromatic rings. The van der Waals surface area contributed by atoms with Gasteiger partial charge >= 0.3 is 0 Å². The van der Waals surface area contributed by atoms with Crippen molar-refractivity contribution in [1.29, 1.82) is 0 Å². The molecule has 0 bridgehead atoms. The van der Waals surface area contributed by atoms with Crippen molar-refractivity contribution in [3.63, 3.8) is 0 Å². The standard InChI is InChI=1S/C22H24FN7O.CH4O/c1-3-30-13-17-19(28-8-6-24-7-9-28)5-4-16(20(17)27-30)22(31)26-15-10-18(23)21-25-14(2)11-29(21)12-15;1-2/h4-5,10-13,24H,3,6-9H2,1-2H3,(H,26,31);2H,1H3. The number of aliphatic hydroxyl groups excluding tert-OH is 1. The molecule has 1 aliphatic rings. The molecule has 0 atom stereocenters. The molecule has 0 radical (unpaired) electrons. The van der Waals surface area contributed by atoms with E-state index in [4.69, 9.17) is 5.11 Å². The number of hydrogen-bond acceptors (Lipinski definition) is 6. The largest absolute Gasteiger partial charge is 0.400 e.